The largest absolute Gasteiger partial charge is 0.310 e. The van der Waals surface area contributed by atoms with E-state index >= 15 is 0 Å². The fourth-order valence-electron chi connectivity index (χ4n) is 4.06. The number of benzene rings is 1. The van der Waals surface area contributed by atoms with Gasteiger partial charge in [-0.15, -0.1) is 11.3 Å². The Morgan fingerprint density at radius 1 is 1.20 bits per heavy atom. The first-order valence-electron chi connectivity index (χ1n) is 10.0. The lowest BCUT2D eigenvalue weighted by Gasteiger charge is -2.23. The zero-order valence-electron chi connectivity index (χ0n) is 16.3. The summed E-state index contributed by atoms with van der Waals surface area (Å²) in [7, 11) is 0. The molecular weight excluding hydrogens is 416 g/mol. The van der Waals surface area contributed by atoms with E-state index in [1.165, 1.54) is 16.0 Å². The van der Waals surface area contributed by atoms with Gasteiger partial charge < -0.3 is 5.32 Å². The van der Waals surface area contributed by atoms with Gasteiger partial charge in [0.15, 0.2) is 0 Å². The lowest BCUT2D eigenvalue weighted by atomic mass is 9.93. The van der Waals surface area contributed by atoms with E-state index in [0.717, 1.165) is 46.7 Å². The topological polar surface area (TPSA) is 59.8 Å². The van der Waals surface area contributed by atoms with E-state index in [4.69, 9.17) is 11.6 Å². The van der Waals surface area contributed by atoms with Gasteiger partial charge in [0.2, 0.25) is 0 Å². The molecule has 5 rings (SSSR count). The van der Waals surface area contributed by atoms with E-state index in [1.807, 2.05) is 36.4 Å². The second-order valence-electron chi connectivity index (χ2n) is 7.63. The van der Waals surface area contributed by atoms with Crippen molar-refractivity contribution in [1.82, 2.24) is 19.9 Å². The highest BCUT2D eigenvalue weighted by Crippen LogP contribution is 2.33. The molecular formula is C23H21ClN4OS. The Bertz CT molecular complexity index is 1250. The predicted octanol–water partition coefficient (Wildman–Crippen LogP) is 4.20. The lowest BCUT2D eigenvalue weighted by Crippen LogP contribution is -2.33. The number of halogens is 1. The summed E-state index contributed by atoms with van der Waals surface area (Å²) in [6.45, 7) is 1.23. The standard InChI is InChI=1S/C23H21ClN4OS/c24-16-5-3-4-15(10-16)12-26-17-7-8-19-20(11-17)30-22-21(19)23(29)28(14-27-22)13-18-6-1-2-9-25-18/h1-6,9-10,14,17,26H,7-8,11-13H2/t17-/m0/s1. The molecule has 5 nitrogen and oxygen atoms in total. The van der Waals surface area contributed by atoms with Crippen LogP contribution in [0, 0.1) is 0 Å². The van der Waals surface area contributed by atoms with Crippen LogP contribution in [-0.4, -0.2) is 20.6 Å². The molecule has 0 aliphatic heterocycles. The van der Waals surface area contributed by atoms with Gasteiger partial charge in [-0.1, -0.05) is 29.8 Å². The highest BCUT2D eigenvalue weighted by atomic mass is 35.5. The van der Waals surface area contributed by atoms with Crippen LogP contribution in [-0.2, 0) is 25.9 Å². The summed E-state index contributed by atoms with van der Waals surface area (Å²) >= 11 is 7.74. The minimum absolute atomic E-state index is 0.0356. The van der Waals surface area contributed by atoms with E-state index in [1.54, 1.807) is 28.4 Å². The molecule has 3 aromatic heterocycles. The zero-order chi connectivity index (χ0) is 20.5. The molecule has 1 aliphatic rings. The number of fused-ring (bicyclic) bond motifs is 3. The Morgan fingerprint density at radius 2 is 2.13 bits per heavy atom. The molecule has 1 atom stereocenters. The summed E-state index contributed by atoms with van der Waals surface area (Å²) in [4.78, 5) is 24.2. The molecule has 0 amide bonds. The summed E-state index contributed by atoms with van der Waals surface area (Å²) in [5.74, 6) is 0. The quantitative estimate of drug-likeness (QED) is 0.509. The molecule has 0 saturated carbocycles. The number of pyridine rings is 1. The Labute approximate surface area is 183 Å². The van der Waals surface area contributed by atoms with Gasteiger partial charge in [0.05, 0.1) is 24.0 Å². The molecule has 30 heavy (non-hydrogen) atoms. The number of hydrogen-bond donors (Lipinski definition) is 1. The molecule has 3 heterocycles. The number of hydrogen-bond acceptors (Lipinski definition) is 5. The molecule has 4 aromatic rings. The molecule has 7 heteroatoms. The van der Waals surface area contributed by atoms with Gasteiger partial charge in [0, 0.05) is 28.7 Å². The van der Waals surface area contributed by atoms with Crippen molar-refractivity contribution in [2.75, 3.05) is 0 Å². The minimum Gasteiger partial charge on any atom is -0.310 e. The third kappa shape index (κ3) is 3.90. The van der Waals surface area contributed by atoms with Gasteiger partial charge >= 0.3 is 0 Å². The van der Waals surface area contributed by atoms with Gasteiger partial charge in [-0.05, 0) is 54.7 Å². The molecule has 0 saturated heterocycles. The minimum atomic E-state index is 0.0356. The van der Waals surface area contributed by atoms with Crippen LogP contribution in [0.5, 0.6) is 0 Å². The summed E-state index contributed by atoms with van der Waals surface area (Å²) in [6.07, 6.45) is 6.23. The van der Waals surface area contributed by atoms with Crippen molar-refractivity contribution in [2.45, 2.75) is 38.4 Å². The molecule has 0 radical (unpaired) electrons. The van der Waals surface area contributed by atoms with Crippen molar-refractivity contribution < 1.29 is 0 Å². The Hall–Kier alpha value is -2.54. The van der Waals surface area contributed by atoms with Crippen molar-refractivity contribution in [3.63, 3.8) is 0 Å². The fraction of sp³-hybridized carbons (Fsp3) is 0.261. The first kappa shape index (κ1) is 19.4. The van der Waals surface area contributed by atoms with Crippen LogP contribution in [0.3, 0.4) is 0 Å². The fourth-order valence-corrected chi connectivity index (χ4v) is 5.53. The third-order valence-corrected chi connectivity index (χ3v) is 6.98. The highest BCUT2D eigenvalue weighted by molar-refractivity contribution is 7.18. The lowest BCUT2D eigenvalue weighted by molar-refractivity contribution is 0.462. The van der Waals surface area contributed by atoms with Gasteiger partial charge in [-0.2, -0.15) is 0 Å². The molecule has 0 spiro atoms. The highest BCUT2D eigenvalue weighted by Gasteiger charge is 2.25. The number of thiophene rings is 1. The van der Waals surface area contributed by atoms with Crippen LogP contribution < -0.4 is 10.9 Å². The van der Waals surface area contributed by atoms with Crippen LogP contribution in [0.15, 0.2) is 59.8 Å². The molecule has 152 valence electrons. The van der Waals surface area contributed by atoms with E-state index in [0.29, 0.717) is 12.6 Å². The predicted molar refractivity (Wildman–Crippen MR) is 121 cm³/mol. The van der Waals surface area contributed by atoms with Gasteiger partial charge in [0.1, 0.15) is 4.83 Å². The zero-order valence-corrected chi connectivity index (χ0v) is 17.9. The number of aryl methyl sites for hydroxylation is 1. The van der Waals surface area contributed by atoms with Gasteiger partial charge in [-0.3, -0.25) is 14.3 Å². The number of nitrogens with one attached hydrogen (secondary N) is 1. The van der Waals surface area contributed by atoms with Crippen LogP contribution in [0.4, 0.5) is 0 Å². The van der Waals surface area contributed by atoms with Crippen molar-refractivity contribution in [3.8, 4) is 0 Å². The average Bonchev–Trinajstić information content (AvgIpc) is 3.13. The maximum Gasteiger partial charge on any atom is 0.262 e. The molecule has 1 aromatic carbocycles. The SMILES string of the molecule is O=c1c2c3c(sc2ncn1Cc1ccccn1)C[C@@H](NCc1cccc(Cl)c1)CC3. The monoisotopic (exact) mass is 436 g/mol. The second-order valence-corrected chi connectivity index (χ2v) is 9.15. The average molecular weight is 437 g/mol. The van der Waals surface area contributed by atoms with Gasteiger partial charge in [0.25, 0.3) is 5.56 Å². The smallest absolute Gasteiger partial charge is 0.262 e. The Balaban J connectivity index is 1.36. The summed E-state index contributed by atoms with van der Waals surface area (Å²) in [5, 5.41) is 5.20. The molecule has 0 unspecified atom stereocenters. The van der Waals surface area contributed by atoms with Crippen molar-refractivity contribution in [3.05, 3.63) is 92.1 Å². The van der Waals surface area contributed by atoms with Gasteiger partial charge in [-0.25, -0.2) is 4.98 Å². The van der Waals surface area contributed by atoms with Crippen LogP contribution in [0.1, 0.15) is 28.1 Å². The van der Waals surface area contributed by atoms with Crippen LogP contribution in [0.2, 0.25) is 5.02 Å². The number of nitrogens with zero attached hydrogens (tertiary/aromatic N) is 3. The molecule has 1 aliphatic carbocycles. The molecule has 1 N–H and O–H groups in total. The van der Waals surface area contributed by atoms with E-state index < -0.39 is 0 Å². The number of rotatable bonds is 5. The van der Waals surface area contributed by atoms with Crippen molar-refractivity contribution >= 4 is 33.2 Å². The first-order chi connectivity index (χ1) is 14.7. The Morgan fingerprint density at radius 3 is 2.97 bits per heavy atom. The van der Waals surface area contributed by atoms with Crippen LogP contribution >= 0.6 is 22.9 Å². The van der Waals surface area contributed by atoms with Crippen molar-refractivity contribution in [1.29, 1.82) is 0 Å². The summed E-state index contributed by atoms with van der Waals surface area (Å²) in [5.41, 5.74) is 3.26. The third-order valence-electron chi connectivity index (χ3n) is 5.58. The van der Waals surface area contributed by atoms with Crippen molar-refractivity contribution in [2.24, 2.45) is 0 Å². The van der Waals surface area contributed by atoms with E-state index in [-0.39, 0.29) is 5.56 Å². The first-order valence-corrected chi connectivity index (χ1v) is 11.2. The normalized spacial score (nSPS) is 16.0. The molecule has 0 bridgehead atoms. The maximum absolute atomic E-state index is 13.2. The maximum atomic E-state index is 13.2. The number of aromatic nitrogens is 3. The van der Waals surface area contributed by atoms with E-state index in [2.05, 4.69) is 21.4 Å². The summed E-state index contributed by atoms with van der Waals surface area (Å²) < 4.78 is 1.67. The summed E-state index contributed by atoms with van der Waals surface area (Å²) in [6, 6.07) is 14.1. The Kier molecular flexibility index (Phi) is 5.37. The molecule has 0 fully saturated rings. The van der Waals surface area contributed by atoms with Crippen LogP contribution in [0.25, 0.3) is 10.2 Å². The second kappa shape index (κ2) is 8.30. The van der Waals surface area contributed by atoms with E-state index in [9.17, 15) is 4.79 Å².